The van der Waals surface area contributed by atoms with E-state index in [0.29, 0.717) is 6.42 Å². The minimum Gasteiger partial charge on any atom is -0.481 e. The van der Waals surface area contributed by atoms with Crippen LogP contribution in [0.4, 0.5) is 0 Å². The molecule has 0 aliphatic rings. The lowest BCUT2D eigenvalue weighted by atomic mass is 9.98. The summed E-state index contributed by atoms with van der Waals surface area (Å²) in [6.07, 6.45) is 0.672. The van der Waals surface area contributed by atoms with Gasteiger partial charge in [0, 0.05) is 19.5 Å². The minimum atomic E-state index is -0.879. The lowest BCUT2D eigenvalue weighted by Gasteiger charge is -2.23. The predicted octanol–water partition coefficient (Wildman–Crippen LogP) is 2.35. The van der Waals surface area contributed by atoms with Crippen molar-refractivity contribution in [2.45, 2.75) is 27.2 Å². The van der Waals surface area contributed by atoms with Crippen LogP contribution in [0.1, 0.15) is 25.0 Å². The zero-order valence-corrected chi connectivity index (χ0v) is 12.6. The highest BCUT2D eigenvalue weighted by Gasteiger charge is 2.21. The molecule has 0 radical (unpaired) electrons. The molecule has 0 aliphatic carbocycles. The van der Waals surface area contributed by atoms with Gasteiger partial charge >= 0.3 is 5.97 Å². The number of nitrogens with zero attached hydrogens (tertiary/aromatic N) is 1. The van der Waals surface area contributed by atoms with Crippen molar-refractivity contribution in [1.29, 1.82) is 0 Å². The van der Waals surface area contributed by atoms with Crippen molar-refractivity contribution in [3.05, 3.63) is 35.4 Å². The molecule has 1 N–H and O–H groups in total. The molecule has 0 aromatic heterocycles. The van der Waals surface area contributed by atoms with Crippen molar-refractivity contribution < 1.29 is 14.7 Å². The molecule has 4 heteroatoms. The molecular formula is C16H23NO3. The summed E-state index contributed by atoms with van der Waals surface area (Å²) in [7, 11) is 1.66. The highest BCUT2D eigenvalue weighted by molar-refractivity contribution is 5.79. The molecule has 1 aromatic rings. The normalized spacial score (nSPS) is 13.6. The Labute approximate surface area is 120 Å². The van der Waals surface area contributed by atoms with Crippen LogP contribution >= 0.6 is 0 Å². The fourth-order valence-corrected chi connectivity index (χ4v) is 2.12. The van der Waals surface area contributed by atoms with Gasteiger partial charge in [-0.15, -0.1) is 0 Å². The number of hydrogen-bond acceptors (Lipinski definition) is 2. The van der Waals surface area contributed by atoms with Crippen LogP contribution in [0.3, 0.4) is 0 Å². The van der Waals surface area contributed by atoms with Crippen LogP contribution in [0.15, 0.2) is 24.3 Å². The number of carbonyl (C=O) groups excluding carboxylic acids is 1. The van der Waals surface area contributed by atoms with Crippen LogP contribution in [-0.2, 0) is 16.0 Å². The Morgan fingerprint density at radius 2 is 1.70 bits per heavy atom. The highest BCUT2D eigenvalue weighted by atomic mass is 16.4. The molecule has 0 saturated heterocycles. The molecule has 1 rings (SSSR count). The van der Waals surface area contributed by atoms with E-state index in [1.807, 2.05) is 38.1 Å². The third-order valence-corrected chi connectivity index (χ3v) is 3.43. The van der Waals surface area contributed by atoms with Crippen molar-refractivity contribution in [2.75, 3.05) is 13.6 Å². The first-order chi connectivity index (χ1) is 9.31. The van der Waals surface area contributed by atoms with Crippen molar-refractivity contribution in [1.82, 2.24) is 4.90 Å². The van der Waals surface area contributed by atoms with Crippen LogP contribution in [0.25, 0.3) is 0 Å². The standard InChI is InChI=1S/C16H23NO3/c1-11-5-7-14(8-6-11)9-12(2)15(18)17(4)10-13(3)16(19)20/h5-8,12-13H,9-10H2,1-4H3,(H,19,20). The van der Waals surface area contributed by atoms with E-state index in [4.69, 9.17) is 5.11 Å². The van der Waals surface area contributed by atoms with E-state index in [2.05, 4.69) is 0 Å². The largest absolute Gasteiger partial charge is 0.481 e. The summed E-state index contributed by atoms with van der Waals surface area (Å²) >= 11 is 0. The Kier molecular flexibility index (Phi) is 5.74. The number of aliphatic carboxylic acids is 1. The maximum Gasteiger partial charge on any atom is 0.308 e. The van der Waals surface area contributed by atoms with Gasteiger partial charge in [-0.3, -0.25) is 9.59 Å². The second kappa shape index (κ2) is 7.08. The maximum absolute atomic E-state index is 12.2. The van der Waals surface area contributed by atoms with Crippen LogP contribution in [0.2, 0.25) is 0 Å². The monoisotopic (exact) mass is 277 g/mol. The first-order valence-corrected chi connectivity index (χ1v) is 6.84. The lowest BCUT2D eigenvalue weighted by molar-refractivity contribution is -0.143. The quantitative estimate of drug-likeness (QED) is 0.868. The molecule has 1 aromatic carbocycles. The SMILES string of the molecule is Cc1ccc(CC(C)C(=O)N(C)CC(C)C(=O)O)cc1. The van der Waals surface area contributed by atoms with Crippen LogP contribution in [0.5, 0.6) is 0 Å². The minimum absolute atomic E-state index is 0.0151. The average molecular weight is 277 g/mol. The van der Waals surface area contributed by atoms with Gasteiger partial charge in [0.15, 0.2) is 0 Å². The first kappa shape index (κ1) is 16.2. The number of carboxylic acid groups (broad SMARTS) is 1. The van der Waals surface area contributed by atoms with E-state index in [1.54, 1.807) is 14.0 Å². The second-order valence-corrected chi connectivity index (χ2v) is 5.55. The Morgan fingerprint density at radius 3 is 2.20 bits per heavy atom. The number of benzene rings is 1. The summed E-state index contributed by atoms with van der Waals surface area (Å²) in [5, 5.41) is 8.87. The topological polar surface area (TPSA) is 57.6 Å². The number of carboxylic acids is 1. The number of amides is 1. The van der Waals surface area contributed by atoms with Crippen molar-refractivity contribution in [3.63, 3.8) is 0 Å². The summed E-state index contributed by atoms with van der Waals surface area (Å²) in [5.74, 6) is -1.59. The number of hydrogen-bond donors (Lipinski definition) is 1. The molecule has 0 heterocycles. The predicted molar refractivity (Wildman–Crippen MR) is 78.5 cm³/mol. The highest BCUT2D eigenvalue weighted by Crippen LogP contribution is 2.13. The fourth-order valence-electron chi connectivity index (χ4n) is 2.12. The van der Waals surface area contributed by atoms with E-state index >= 15 is 0 Å². The molecule has 20 heavy (non-hydrogen) atoms. The van der Waals surface area contributed by atoms with Crippen molar-refractivity contribution in [2.24, 2.45) is 11.8 Å². The molecule has 110 valence electrons. The summed E-state index contributed by atoms with van der Waals surface area (Å²) in [5.41, 5.74) is 2.32. The van der Waals surface area contributed by atoms with E-state index in [1.165, 1.54) is 10.5 Å². The molecule has 2 unspecified atom stereocenters. The third-order valence-electron chi connectivity index (χ3n) is 3.43. The van der Waals surface area contributed by atoms with Crippen LogP contribution in [0, 0.1) is 18.8 Å². The zero-order chi connectivity index (χ0) is 15.3. The number of rotatable bonds is 6. The fraction of sp³-hybridized carbons (Fsp3) is 0.500. The van der Waals surface area contributed by atoms with Gasteiger partial charge in [0.1, 0.15) is 0 Å². The summed E-state index contributed by atoms with van der Waals surface area (Å²) in [4.78, 5) is 24.5. The second-order valence-electron chi connectivity index (χ2n) is 5.55. The van der Waals surface area contributed by atoms with Gasteiger partial charge in [-0.05, 0) is 18.9 Å². The molecular weight excluding hydrogens is 254 g/mol. The van der Waals surface area contributed by atoms with E-state index < -0.39 is 11.9 Å². The molecule has 0 saturated carbocycles. The smallest absolute Gasteiger partial charge is 0.308 e. The van der Waals surface area contributed by atoms with Gasteiger partial charge in [-0.1, -0.05) is 43.7 Å². The van der Waals surface area contributed by atoms with Gasteiger partial charge in [0.2, 0.25) is 5.91 Å². The molecule has 0 fully saturated rings. The van der Waals surface area contributed by atoms with Crippen LogP contribution in [-0.4, -0.2) is 35.5 Å². The summed E-state index contributed by atoms with van der Waals surface area (Å²) < 4.78 is 0. The molecule has 0 bridgehead atoms. The van der Waals surface area contributed by atoms with E-state index in [-0.39, 0.29) is 18.4 Å². The molecule has 0 spiro atoms. The van der Waals surface area contributed by atoms with Gasteiger partial charge < -0.3 is 10.0 Å². The Morgan fingerprint density at radius 1 is 1.15 bits per heavy atom. The van der Waals surface area contributed by atoms with Gasteiger partial charge in [-0.25, -0.2) is 0 Å². The molecule has 2 atom stereocenters. The maximum atomic E-state index is 12.2. The van der Waals surface area contributed by atoms with Crippen molar-refractivity contribution in [3.8, 4) is 0 Å². The average Bonchev–Trinajstić information content (AvgIpc) is 2.40. The summed E-state index contributed by atoms with van der Waals surface area (Å²) in [6, 6.07) is 8.11. The van der Waals surface area contributed by atoms with Gasteiger partial charge in [-0.2, -0.15) is 0 Å². The first-order valence-electron chi connectivity index (χ1n) is 6.84. The van der Waals surface area contributed by atoms with Gasteiger partial charge in [0.05, 0.1) is 5.92 Å². The Bertz CT molecular complexity index is 467. The van der Waals surface area contributed by atoms with Crippen LogP contribution < -0.4 is 0 Å². The molecule has 0 aliphatic heterocycles. The van der Waals surface area contributed by atoms with E-state index in [0.717, 1.165) is 5.56 Å². The lowest BCUT2D eigenvalue weighted by Crippen LogP contribution is -2.37. The summed E-state index contributed by atoms with van der Waals surface area (Å²) in [6.45, 7) is 5.76. The van der Waals surface area contributed by atoms with Gasteiger partial charge in [0.25, 0.3) is 0 Å². The van der Waals surface area contributed by atoms with E-state index in [9.17, 15) is 9.59 Å². The Hall–Kier alpha value is -1.84. The molecule has 1 amide bonds. The Balaban J connectivity index is 2.57. The third kappa shape index (κ3) is 4.68. The number of aryl methyl sites for hydroxylation is 1. The zero-order valence-electron chi connectivity index (χ0n) is 12.6. The number of carbonyl (C=O) groups is 2. The van der Waals surface area contributed by atoms with Crippen molar-refractivity contribution >= 4 is 11.9 Å². The molecule has 4 nitrogen and oxygen atoms in total.